The number of hydrogen-bond acceptors (Lipinski definition) is 5. The Morgan fingerprint density at radius 1 is 1.17 bits per heavy atom. The minimum atomic E-state index is -3.78. The van der Waals surface area contributed by atoms with Crippen LogP contribution in [0.4, 0.5) is 0 Å². The maximum Gasteiger partial charge on any atom is 0.243 e. The summed E-state index contributed by atoms with van der Waals surface area (Å²) in [5, 5.41) is 0. The molecule has 2 aromatic rings. The van der Waals surface area contributed by atoms with E-state index in [1.165, 1.54) is 4.31 Å². The van der Waals surface area contributed by atoms with E-state index in [2.05, 4.69) is 0 Å². The molecular formula is C22H30N2O5S. The second kappa shape index (κ2) is 10.2. The third-order valence-corrected chi connectivity index (χ3v) is 6.81. The SMILES string of the molecule is CC(C)CN(CC(=O)N(Cc1ccco1)C[C@@H]1CCCO1)S(=O)(=O)c1ccccc1. The number of carbonyl (C=O) groups excluding carboxylic acids is 1. The molecule has 0 saturated carbocycles. The molecule has 8 heteroatoms. The van der Waals surface area contributed by atoms with Crippen LogP contribution in [0.1, 0.15) is 32.4 Å². The number of rotatable bonds is 10. The van der Waals surface area contributed by atoms with E-state index in [1.807, 2.05) is 19.9 Å². The fourth-order valence-corrected chi connectivity index (χ4v) is 5.10. The highest BCUT2D eigenvalue weighted by Gasteiger charge is 2.30. The number of amides is 1. The van der Waals surface area contributed by atoms with Gasteiger partial charge in [-0.15, -0.1) is 0 Å². The smallest absolute Gasteiger partial charge is 0.243 e. The number of nitrogens with zero attached hydrogens (tertiary/aromatic N) is 2. The summed E-state index contributed by atoms with van der Waals surface area (Å²) in [7, 11) is -3.78. The number of furan rings is 1. The molecule has 1 aromatic heterocycles. The van der Waals surface area contributed by atoms with Crippen molar-refractivity contribution in [1.82, 2.24) is 9.21 Å². The number of carbonyl (C=O) groups is 1. The van der Waals surface area contributed by atoms with Crippen LogP contribution in [0.25, 0.3) is 0 Å². The summed E-state index contributed by atoms with van der Waals surface area (Å²) in [6.45, 7) is 5.30. The first-order valence-electron chi connectivity index (χ1n) is 10.3. The van der Waals surface area contributed by atoms with Crippen molar-refractivity contribution in [2.75, 3.05) is 26.2 Å². The van der Waals surface area contributed by atoms with Crippen molar-refractivity contribution in [2.24, 2.45) is 5.92 Å². The molecule has 1 aromatic carbocycles. The third kappa shape index (κ3) is 5.93. The lowest BCUT2D eigenvalue weighted by Crippen LogP contribution is -2.45. The van der Waals surface area contributed by atoms with E-state index >= 15 is 0 Å². The van der Waals surface area contributed by atoms with Crippen LogP contribution in [0, 0.1) is 5.92 Å². The number of hydrogen-bond donors (Lipinski definition) is 0. The van der Waals surface area contributed by atoms with Crippen molar-refractivity contribution in [3.63, 3.8) is 0 Å². The summed E-state index contributed by atoms with van der Waals surface area (Å²) >= 11 is 0. The monoisotopic (exact) mass is 434 g/mol. The second-order valence-corrected chi connectivity index (χ2v) is 9.93. The maximum atomic E-state index is 13.2. The minimum absolute atomic E-state index is 0.0341. The molecule has 1 fully saturated rings. The molecule has 0 bridgehead atoms. The molecule has 1 aliphatic heterocycles. The van der Waals surface area contributed by atoms with Crippen LogP contribution in [0.3, 0.4) is 0 Å². The largest absolute Gasteiger partial charge is 0.467 e. The molecule has 0 radical (unpaired) electrons. The molecule has 2 heterocycles. The Bertz CT molecular complexity index is 891. The Kier molecular flexibility index (Phi) is 7.69. The van der Waals surface area contributed by atoms with Gasteiger partial charge in [0.15, 0.2) is 0 Å². The van der Waals surface area contributed by atoms with Crippen LogP contribution < -0.4 is 0 Å². The summed E-state index contributed by atoms with van der Waals surface area (Å²) in [6.07, 6.45) is 3.39. The molecule has 1 atom stereocenters. The van der Waals surface area contributed by atoms with Gasteiger partial charge >= 0.3 is 0 Å². The van der Waals surface area contributed by atoms with Crippen molar-refractivity contribution < 1.29 is 22.4 Å². The second-order valence-electron chi connectivity index (χ2n) is 7.99. The van der Waals surface area contributed by atoms with Gasteiger partial charge in [0.2, 0.25) is 15.9 Å². The van der Waals surface area contributed by atoms with Crippen LogP contribution in [0.15, 0.2) is 58.0 Å². The van der Waals surface area contributed by atoms with Crippen molar-refractivity contribution in [3.05, 3.63) is 54.5 Å². The van der Waals surface area contributed by atoms with E-state index in [4.69, 9.17) is 9.15 Å². The van der Waals surface area contributed by atoms with Gasteiger partial charge < -0.3 is 14.1 Å². The zero-order valence-corrected chi connectivity index (χ0v) is 18.4. The Labute approximate surface area is 178 Å². The molecule has 1 amide bonds. The van der Waals surface area contributed by atoms with Crippen molar-refractivity contribution in [1.29, 1.82) is 0 Å². The van der Waals surface area contributed by atoms with Gasteiger partial charge in [0, 0.05) is 19.7 Å². The molecule has 7 nitrogen and oxygen atoms in total. The minimum Gasteiger partial charge on any atom is -0.467 e. The third-order valence-electron chi connectivity index (χ3n) is 4.99. The average Bonchev–Trinajstić information content (AvgIpc) is 3.41. The van der Waals surface area contributed by atoms with E-state index in [0.717, 1.165) is 12.8 Å². The number of benzene rings is 1. The van der Waals surface area contributed by atoms with Gasteiger partial charge in [-0.2, -0.15) is 4.31 Å². The zero-order valence-electron chi connectivity index (χ0n) is 17.6. The first-order valence-corrected chi connectivity index (χ1v) is 11.8. The van der Waals surface area contributed by atoms with Gasteiger partial charge in [0.05, 0.1) is 30.4 Å². The quantitative estimate of drug-likeness (QED) is 0.574. The fourth-order valence-electron chi connectivity index (χ4n) is 3.53. The van der Waals surface area contributed by atoms with Crippen molar-refractivity contribution >= 4 is 15.9 Å². The van der Waals surface area contributed by atoms with E-state index in [9.17, 15) is 13.2 Å². The summed E-state index contributed by atoms with van der Waals surface area (Å²) in [5.74, 6) is 0.470. The van der Waals surface area contributed by atoms with Gasteiger partial charge in [0.1, 0.15) is 5.76 Å². The molecule has 0 spiro atoms. The first-order chi connectivity index (χ1) is 14.4. The molecule has 3 rings (SSSR count). The Balaban J connectivity index is 1.80. The van der Waals surface area contributed by atoms with Crippen LogP contribution >= 0.6 is 0 Å². The first kappa shape index (κ1) is 22.5. The summed E-state index contributed by atoms with van der Waals surface area (Å²) < 4.78 is 38.8. The molecule has 0 aliphatic carbocycles. The van der Waals surface area contributed by atoms with Gasteiger partial charge in [-0.1, -0.05) is 32.0 Å². The lowest BCUT2D eigenvalue weighted by molar-refractivity contribution is -0.134. The summed E-state index contributed by atoms with van der Waals surface area (Å²) in [4.78, 5) is 15.1. The maximum absolute atomic E-state index is 13.2. The van der Waals surface area contributed by atoms with Crippen LogP contribution in [-0.4, -0.2) is 55.9 Å². The zero-order chi connectivity index (χ0) is 21.6. The molecule has 0 N–H and O–H groups in total. The fraction of sp³-hybridized carbons (Fsp3) is 0.500. The highest BCUT2D eigenvalue weighted by molar-refractivity contribution is 7.89. The van der Waals surface area contributed by atoms with Crippen LogP contribution in [-0.2, 0) is 26.1 Å². The van der Waals surface area contributed by atoms with Gasteiger partial charge in [0.25, 0.3) is 0 Å². The van der Waals surface area contributed by atoms with E-state index in [-0.39, 0.29) is 42.5 Å². The lowest BCUT2D eigenvalue weighted by Gasteiger charge is -2.29. The van der Waals surface area contributed by atoms with E-state index in [1.54, 1.807) is 47.6 Å². The predicted molar refractivity (Wildman–Crippen MR) is 113 cm³/mol. The summed E-state index contributed by atoms with van der Waals surface area (Å²) in [6, 6.07) is 11.8. The van der Waals surface area contributed by atoms with E-state index in [0.29, 0.717) is 18.9 Å². The van der Waals surface area contributed by atoms with Gasteiger partial charge in [-0.3, -0.25) is 4.79 Å². The average molecular weight is 435 g/mol. The van der Waals surface area contributed by atoms with Crippen molar-refractivity contribution in [2.45, 2.75) is 44.2 Å². The molecule has 0 unspecified atom stereocenters. The normalized spacial score (nSPS) is 17.0. The van der Waals surface area contributed by atoms with Crippen LogP contribution in [0.2, 0.25) is 0 Å². The molecular weight excluding hydrogens is 404 g/mol. The number of sulfonamides is 1. The Hall–Kier alpha value is -2.16. The standard InChI is InChI=1S/C22H30N2O5S/c1-18(2)14-24(30(26,27)21-10-4-3-5-11-21)17-22(25)23(15-19-8-6-12-28-19)16-20-9-7-13-29-20/h3-6,8,10-12,18,20H,7,9,13-17H2,1-2H3/t20-/m0/s1. The Morgan fingerprint density at radius 3 is 2.53 bits per heavy atom. The molecule has 30 heavy (non-hydrogen) atoms. The van der Waals surface area contributed by atoms with Gasteiger partial charge in [-0.05, 0) is 43.0 Å². The highest BCUT2D eigenvalue weighted by atomic mass is 32.2. The summed E-state index contributed by atoms with van der Waals surface area (Å²) in [5.41, 5.74) is 0. The molecule has 164 valence electrons. The van der Waals surface area contributed by atoms with Gasteiger partial charge in [-0.25, -0.2) is 8.42 Å². The highest BCUT2D eigenvalue weighted by Crippen LogP contribution is 2.19. The Morgan fingerprint density at radius 2 is 1.93 bits per heavy atom. The van der Waals surface area contributed by atoms with E-state index < -0.39 is 10.0 Å². The predicted octanol–water partition coefficient (Wildman–Crippen LogP) is 3.13. The number of ether oxygens (including phenoxy) is 1. The molecule has 1 aliphatic rings. The lowest BCUT2D eigenvalue weighted by atomic mass is 10.2. The molecule has 1 saturated heterocycles. The van der Waals surface area contributed by atoms with Crippen LogP contribution in [0.5, 0.6) is 0 Å². The topological polar surface area (TPSA) is 80.1 Å². The van der Waals surface area contributed by atoms with Crippen molar-refractivity contribution in [3.8, 4) is 0 Å².